The van der Waals surface area contributed by atoms with E-state index in [1.807, 2.05) is 18.2 Å². The van der Waals surface area contributed by atoms with Gasteiger partial charge in [0.15, 0.2) is 0 Å². The maximum atomic E-state index is 13.8. The molecule has 3 aromatic rings. The summed E-state index contributed by atoms with van der Waals surface area (Å²) in [5.74, 6) is -0.513. The molecule has 304 valence electrons. The Morgan fingerprint density at radius 3 is 2.20 bits per heavy atom. The van der Waals surface area contributed by atoms with E-state index in [4.69, 9.17) is 16.3 Å². The Morgan fingerprint density at radius 2 is 1.53 bits per heavy atom. The number of piperazine rings is 1. The topological polar surface area (TPSA) is 147 Å². The summed E-state index contributed by atoms with van der Waals surface area (Å²) in [5.41, 5.74) is 4.16. The second-order valence-electron chi connectivity index (χ2n) is 17.7. The number of carbonyl (C=O) groups excluding carboxylic acids is 5. The van der Waals surface area contributed by atoms with Crippen LogP contribution >= 0.6 is 11.6 Å². The van der Waals surface area contributed by atoms with Gasteiger partial charge in [-0.25, -0.2) is 0 Å². The van der Waals surface area contributed by atoms with Gasteiger partial charge in [0.25, 0.3) is 17.7 Å². The van der Waals surface area contributed by atoms with E-state index < -0.39 is 23.8 Å². The number of benzene rings is 3. The molecule has 7 aliphatic rings. The zero-order valence-electron chi connectivity index (χ0n) is 32.8. The molecule has 1 spiro atoms. The third-order valence-electron chi connectivity index (χ3n) is 13.9. The van der Waals surface area contributed by atoms with Gasteiger partial charge in [0, 0.05) is 106 Å². The maximum Gasteiger partial charge on any atom is 0.262 e. The van der Waals surface area contributed by atoms with Crippen molar-refractivity contribution < 1.29 is 28.7 Å². The first-order chi connectivity index (χ1) is 28.5. The van der Waals surface area contributed by atoms with E-state index in [1.54, 1.807) is 30.3 Å². The van der Waals surface area contributed by atoms with Gasteiger partial charge in [0.2, 0.25) is 11.8 Å². The molecule has 59 heavy (non-hydrogen) atoms. The standard InChI is InChI=1S/C45H46ClN7O6/c46-38-20-34(9-3-29(38)23-47)59-35-17-32-6-7-33(18-35)52(32)42(56)28-1-4-30(5-2-28)50-15-13-49(14-16-50)24-27-21-45(22-27)25-51(26-45)31-8-10-36-37(19-31)44(58)53(43(36)57)39-11-12-40(54)48-41(39)55/h1-5,8-10,19-20,27,32-33,35,39H,6-7,11-18,21-22,24-26H2,(H,48,54,55)/t32-,33+,35+,39?. The van der Waals surface area contributed by atoms with Crippen molar-refractivity contribution in [3.63, 3.8) is 0 Å². The second kappa shape index (κ2) is 14.7. The van der Waals surface area contributed by atoms with Crippen LogP contribution in [0.15, 0.2) is 60.7 Å². The van der Waals surface area contributed by atoms with Crippen LogP contribution in [0.2, 0.25) is 5.02 Å². The molecule has 5 amide bonds. The fourth-order valence-corrected chi connectivity index (χ4v) is 11.3. The first-order valence-electron chi connectivity index (χ1n) is 20.9. The van der Waals surface area contributed by atoms with E-state index in [1.165, 1.54) is 12.8 Å². The van der Waals surface area contributed by atoms with Crippen molar-refractivity contribution in [2.75, 3.05) is 55.6 Å². The summed E-state index contributed by atoms with van der Waals surface area (Å²) in [6, 6.07) is 20.1. The van der Waals surface area contributed by atoms with Crippen LogP contribution in [0.3, 0.4) is 0 Å². The highest BCUT2D eigenvalue weighted by atomic mass is 35.5. The minimum atomic E-state index is -0.961. The zero-order chi connectivity index (χ0) is 40.6. The van der Waals surface area contributed by atoms with Crippen LogP contribution in [0, 0.1) is 22.7 Å². The minimum Gasteiger partial charge on any atom is -0.490 e. The summed E-state index contributed by atoms with van der Waals surface area (Å²) in [7, 11) is 0. The summed E-state index contributed by atoms with van der Waals surface area (Å²) in [4.78, 5) is 74.6. The predicted molar refractivity (Wildman–Crippen MR) is 218 cm³/mol. The molecule has 1 saturated carbocycles. The number of nitrogens with zero attached hydrogens (tertiary/aromatic N) is 6. The number of hydrogen-bond donors (Lipinski definition) is 1. The molecule has 2 bridgehead atoms. The van der Waals surface area contributed by atoms with Gasteiger partial charge < -0.3 is 19.4 Å². The highest BCUT2D eigenvalue weighted by molar-refractivity contribution is 6.31. The summed E-state index contributed by atoms with van der Waals surface area (Å²) in [5, 5.41) is 11.8. The number of carbonyl (C=O) groups is 5. The lowest BCUT2D eigenvalue weighted by molar-refractivity contribution is -0.136. The van der Waals surface area contributed by atoms with Crippen LogP contribution in [-0.4, -0.2) is 114 Å². The Balaban J connectivity index is 0.668. The number of ether oxygens (including phenoxy) is 1. The van der Waals surface area contributed by atoms with Crippen LogP contribution in [-0.2, 0) is 9.59 Å². The lowest BCUT2D eigenvalue weighted by Crippen LogP contribution is -2.64. The molecule has 13 nitrogen and oxygen atoms in total. The number of piperidine rings is 2. The molecule has 6 aliphatic heterocycles. The first-order valence-corrected chi connectivity index (χ1v) is 21.3. The van der Waals surface area contributed by atoms with Crippen molar-refractivity contribution in [3.05, 3.63) is 87.9 Å². The van der Waals surface area contributed by atoms with Gasteiger partial charge in [0.1, 0.15) is 24.0 Å². The Labute approximate surface area is 347 Å². The van der Waals surface area contributed by atoms with Crippen LogP contribution < -0.4 is 19.9 Å². The molecular formula is C45H46ClN7O6. The molecule has 3 aromatic carbocycles. The van der Waals surface area contributed by atoms with Gasteiger partial charge in [-0.05, 0) is 92.6 Å². The molecule has 5 saturated heterocycles. The minimum absolute atomic E-state index is 0.00441. The molecule has 6 fully saturated rings. The Morgan fingerprint density at radius 1 is 0.831 bits per heavy atom. The van der Waals surface area contributed by atoms with Crippen molar-refractivity contribution in [1.82, 2.24) is 20.0 Å². The van der Waals surface area contributed by atoms with E-state index in [9.17, 15) is 29.2 Å². The van der Waals surface area contributed by atoms with Gasteiger partial charge in [-0.15, -0.1) is 0 Å². The van der Waals surface area contributed by atoms with Crippen LogP contribution in [0.4, 0.5) is 11.4 Å². The first kappa shape index (κ1) is 37.8. The van der Waals surface area contributed by atoms with Gasteiger partial charge in [-0.3, -0.25) is 39.1 Å². The normalized spacial score (nSPS) is 26.4. The van der Waals surface area contributed by atoms with E-state index >= 15 is 0 Å². The van der Waals surface area contributed by atoms with Crippen LogP contribution in [0.5, 0.6) is 5.75 Å². The average Bonchev–Trinajstić information content (AvgIpc) is 3.62. The Kier molecular flexibility index (Phi) is 9.40. The van der Waals surface area contributed by atoms with Crippen molar-refractivity contribution in [3.8, 4) is 11.8 Å². The number of hydrogen-bond acceptors (Lipinski definition) is 10. The summed E-state index contributed by atoms with van der Waals surface area (Å²) in [6.45, 7) is 6.85. The number of nitriles is 1. The van der Waals surface area contributed by atoms with E-state index in [-0.39, 0.29) is 42.8 Å². The monoisotopic (exact) mass is 815 g/mol. The molecule has 1 aliphatic carbocycles. The van der Waals surface area contributed by atoms with Crippen molar-refractivity contribution in [2.45, 2.75) is 75.6 Å². The number of rotatable bonds is 8. The highest BCUT2D eigenvalue weighted by Crippen LogP contribution is 2.53. The molecule has 0 radical (unpaired) electrons. The molecule has 10 rings (SSSR count). The van der Waals surface area contributed by atoms with Crippen LogP contribution in [0.25, 0.3) is 0 Å². The third-order valence-corrected chi connectivity index (χ3v) is 14.3. The van der Waals surface area contributed by atoms with Crippen molar-refractivity contribution >= 4 is 52.5 Å². The van der Waals surface area contributed by atoms with E-state index in [2.05, 4.69) is 43.1 Å². The SMILES string of the molecule is N#Cc1ccc(O[C@H]2C[C@H]3CC[C@@H](C2)N3C(=O)c2ccc(N3CCN(CC4CC5(C4)CN(c4ccc6c(c4)C(=O)N(C4CCC(=O)NC4=O)C6=O)C5)CC3)cc2)cc1Cl. The Hall–Kier alpha value is -5.45. The number of imide groups is 2. The molecule has 1 N–H and O–H groups in total. The maximum absolute atomic E-state index is 13.8. The summed E-state index contributed by atoms with van der Waals surface area (Å²) < 4.78 is 6.27. The number of anilines is 2. The quantitative estimate of drug-likeness (QED) is 0.313. The predicted octanol–water partition coefficient (Wildman–Crippen LogP) is 4.87. The van der Waals surface area contributed by atoms with Crippen LogP contribution in [0.1, 0.15) is 88.0 Å². The largest absolute Gasteiger partial charge is 0.490 e. The second-order valence-corrected chi connectivity index (χ2v) is 18.1. The summed E-state index contributed by atoms with van der Waals surface area (Å²) in [6.07, 6.45) is 6.13. The molecule has 0 aromatic heterocycles. The fraction of sp³-hybridized carbons (Fsp3) is 0.467. The van der Waals surface area contributed by atoms with Gasteiger partial charge in [0.05, 0.1) is 21.7 Å². The van der Waals surface area contributed by atoms with Gasteiger partial charge >= 0.3 is 0 Å². The fourth-order valence-electron chi connectivity index (χ4n) is 11.1. The molecular weight excluding hydrogens is 770 g/mol. The smallest absolute Gasteiger partial charge is 0.262 e. The Bertz CT molecular complexity index is 2280. The van der Waals surface area contributed by atoms with E-state index in [0.717, 1.165) is 93.3 Å². The lowest BCUT2D eigenvalue weighted by atomic mass is 9.57. The van der Waals surface area contributed by atoms with Gasteiger partial charge in [-0.2, -0.15) is 5.26 Å². The number of amides is 5. The van der Waals surface area contributed by atoms with Gasteiger partial charge in [-0.1, -0.05) is 11.6 Å². The molecule has 14 heteroatoms. The highest BCUT2D eigenvalue weighted by Gasteiger charge is 2.53. The summed E-state index contributed by atoms with van der Waals surface area (Å²) >= 11 is 6.23. The average molecular weight is 816 g/mol. The molecule has 4 atom stereocenters. The van der Waals surface area contributed by atoms with Crippen molar-refractivity contribution in [1.29, 1.82) is 5.26 Å². The number of fused-ring (bicyclic) bond motifs is 3. The third kappa shape index (κ3) is 6.80. The van der Waals surface area contributed by atoms with E-state index in [0.29, 0.717) is 38.8 Å². The lowest BCUT2D eigenvalue weighted by Gasteiger charge is -2.60. The number of nitrogens with one attached hydrogen (secondary N) is 1. The van der Waals surface area contributed by atoms with Crippen molar-refractivity contribution in [2.24, 2.45) is 11.3 Å². The zero-order valence-corrected chi connectivity index (χ0v) is 33.5. The number of halogens is 1. The molecule has 6 heterocycles. The molecule has 1 unspecified atom stereocenters.